The SMILES string of the molecule is CCC(C)c1ccc(CNCC(N)=O)cc1. The van der Waals surface area contributed by atoms with Crippen LogP contribution in [0.2, 0.25) is 0 Å². The second-order valence-electron chi connectivity index (χ2n) is 4.12. The van der Waals surface area contributed by atoms with E-state index < -0.39 is 0 Å². The van der Waals surface area contributed by atoms with E-state index >= 15 is 0 Å². The van der Waals surface area contributed by atoms with Crippen molar-refractivity contribution >= 4 is 5.91 Å². The van der Waals surface area contributed by atoms with Crippen molar-refractivity contribution in [2.45, 2.75) is 32.7 Å². The molecule has 1 amide bonds. The number of rotatable bonds is 6. The minimum absolute atomic E-state index is 0.229. The van der Waals surface area contributed by atoms with Crippen molar-refractivity contribution in [1.29, 1.82) is 0 Å². The van der Waals surface area contributed by atoms with Crippen LogP contribution in [0.3, 0.4) is 0 Å². The molecule has 1 aromatic rings. The van der Waals surface area contributed by atoms with Gasteiger partial charge in [0.1, 0.15) is 0 Å². The Morgan fingerprint density at radius 1 is 1.38 bits per heavy atom. The Morgan fingerprint density at radius 3 is 2.50 bits per heavy atom. The molecule has 0 heterocycles. The summed E-state index contributed by atoms with van der Waals surface area (Å²) in [6, 6.07) is 8.48. The van der Waals surface area contributed by atoms with Crippen LogP contribution >= 0.6 is 0 Å². The van der Waals surface area contributed by atoms with Gasteiger partial charge in [0.25, 0.3) is 0 Å². The first kappa shape index (κ1) is 12.7. The summed E-state index contributed by atoms with van der Waals surface area (Å²) in [6.07, 6.45) is 1.15. The zero-order valence-corrected chi connectivity index (χ0v) is 9.99. The van der Waals surface area contributed by atoms with Crippen LogP contribution in [0.1, 0.15) is 37.3 Å². The number of carbonyl (C=O) groups is 1. The molecule has 0 spiro atoms. The highest BCUT2D eigenvalue weighted by Crippen LogP contribution is 2.18. The average Bonchev–Trinajstić information content (AvgIpc) is 2.28. The Hall–Kier alpha value is -1.35. The van der Waals surface area contributed by atoms with Crippen LogP contribution in [0.25, 0.3) is 0 Å². The highest BCUT2D eigenvalue weighted by atomic mass is 16.1. The Labute approximate surface area is 97.0 Å². The zero-order chi connectivity index (χ0) is 12.0. The van der Waals surface area contributed by atoms with Gasteiger partial charge in [-0.2, -0.15) is 0 Å². The monoisotopic (exact) mass is 220 g/mol. The molecule has 0 saturated heterocycles. The summed E-state index contributed by atoms with van der Waals surface area (Å²) in [5.41, 5.74) is 7.57. The molecule has 1 atom stereocenters. The van der Waals surface area contributed by atoms with Crippen LogP contribution < -0.4 is 11.1 Å². The van der Waals surface area contributed by atoms with E-state index in [1.54, 1.807) is 0 Å². The van der Waals surface area contributed by atoms with Crippen molar-refractivity contribution < 1.29 is 4.79 Å². The summed E-state index contributed by atoms with van der Waals surface area (Å²) >= 11 is 0. The first-order chi connectivity index (χ1) is 7.63. The summed E-state index contributed by atoms with van der Waals surface area (Å²) in [5, 5.41) is 2.99. The number of hydrogen-bond donors (Lipinski definition) is 2. The third-order valence-electron chi connectivity index (χ3n) is 2.79. The van der Waals surface area contributed by atoms with E-state index in [1.165, 1.54) is 11.1 Å². The molecule has 0 aliphatic heterocycles. The molecule has 16 heavy (non-hydrogen) atoms. The first-order valence-electron chi connectivity index (χ1n) is 5.71. The zero-order valence-electron chi connectivity index (χ0n) is 9.99. The Kier molecular flexibility index (Phi) is 4.99. The van der Waals surface area contributed by atoms with Gasteiger partial charge in [-0.15, -0.1) is 0 Å². The minimum Gasteiger partial charge on any atom is -0.369 e. The maximum atomic E-state index is 10.5. The van der Waals surface area contributed by atoms with E-state index in [-0.39, 0.29) is 12.5 Å². The number of hydrogen-bond acceptors (Lipinski definition) is 2. The van der Waals surface area contributed by atoms with Gasteiger partial charge in [-0.3, -0.25) is 4.79 Å². The fourth-order valence-corrected chi connectivity index (χ4v) is 1.53. The van der Waals surface area contributed by atoms with Gasteiger partial charge in [0.15, 0.2) is 0 Å². The topological polar surface area (TPSA) is 55.1 Å². The lowest BCUT2D eigenvalue weighted by Crippen LogP contribution is -2.28. The van der Waals surface area contributed by atoms with E-state index in [9.17, 15) is 4.79 Å². The van der Waals surface area contributed by atoms with Gasteiger partial charge in [0.2, 0.25) is 5.91 Å². The molecule has 1 rings (SSSR count). The predicted octanol–water partition coefficient (Wildman–Crippen LogP) is 1.77. The van der Waals surface area contributed by atoms with Gasteiger partial charge in [0.05, 0.1) is 6.54 Å². The number of primary amides is 1. The van der Waals surface area contributed by atoms with Crippen LogP contribution in [-0.4, -0.2) is 12.5 Å². The third kappa shape index (κ3) is 4.03. The molecule has 3 heteroatoms. The summed E-state index contributed by atoms with van der Waals surface area (Å²) < 4.78 is 0. The Bertz CT molecular complexity index is 332. The van der Waals surface area contributed by atoms with E-state index in [2.05, 4.69) is 43.4 Å². The third-order valence-corrected chi connectivity index (χ3v) is 2.79. The van der Waals surface area contributed by atoms with E-state index in [0.717, 1.165) is 6.42 Å². The second kappa shape index (κ2) is 6.28. The van der Waals surface area contributed by atoms with Gasteiger partial charge < -0.3 is 11.1 Å². The van der Waals surface area contributed by atoms with Gasteiger partial charge in [-0.1, -0.05) is 38.1 Å². The van der Waals surface area contributed by atoms with Crippen molar-refractivity contribution in [2.75, 3.05) is 6.54 Å². The number of carbonyl (C=O) groups excluding carboxylic acids is 1. The summed E-state index contributed by atoms with van der Waals surface area (Å²) in [7, 11) is 0. The molecule has 0 aliphatic rings. The Balaban J connectivity index is 2.48. The number of amides is 1. The lowest BCUT2D eigenvalue weighted by atomic mass is 9.98. The van der Waals surface area contributed by atoms with Crippen molar-refractivity contribution in [3.05, 3.63) is 35.4 Å². The number of nitrogens with one attached hydrogen (secondary N) is 1. The van der Waals surface area contributed by atoms with Crippen LogP contribution in [0.4, 0.5) is 0 Å². The molecule has 0 aromatic heterocycles. The molecule has 0 fully saturated rings. The van der Waals surface area contributed by atoms with Crippen molar-refractivity contribution in [2.24, 2.45) is 5.73 Å². The van der Waals surface area contributed by atoms with E-state index in [1.807, 2.05) is 0 Å². The maximum absolute atomic E-state index is 10.5. The fraction of sp³-hybridized carbons (Fsp3) is 0.462. The van der Waals surface area contributed by atoms with Gasteiger partial charge in [-0.25, -0.2) is 0 Å². The molecule has 0 radical (unpaired) electrons. The summed E-state index contributed by atoms with van der Waals surface area (Å²) in [4.78, 5) is 10.5. The molecule has 0 saturated carbocycles. The summed E-state index contributed by atoms with van der Waals surface area (Å²) in [5.74, 6) is 0.281. The molecule has 1 unspecified atom stereocenters. The molecule has 88 valence electrons. The van der Waals surface area contributed by atoms with Crippen LogP contribution in [0.5, 0.6) is 0 Å². The van der Waals surface area contributed by atoms with Crippen molar-refractivity contribution in [3.8, 4) is 0 Å². The Morgan fingerprint density at radius 2 is 2.00 bits per heavy atom. The van der Waals surface area contributed by atoms with Crippen molar-refractivity contribution in [3.63, 3.8) is 0 Å². The lowest BCUT2D eigenvalue weighted by molar-refractivity contribution is -0.117. The standard InChI is InChI=1S/C13H20N2O/c1-3-10(2)12-6-4-11(5-7-12)8-15-9-13(14)16/h4-7,10,15H,3,8-9H2,1-2H3,(H2,14,16). The quantitative estimate of drug-likeness (QED) is 0.767. The summed E-state index contributed by atoms with van der Waals surface area (Å²) in [6.45, 7) is 5.32. The normalized spacial score (nSPS) is 12.4. The van der Waals surface area contributed by atoms with Gasteiger partial charge in [-0.05, 0) is 23.5 Å². The molecule has 0 bridgehead atoms. The molecule has 1 aromatic carbocycles. The van der Waals surface area contributed by atoms with E-state index in [0.29, 0.717) is 12.5 Å². The van der Waals surface area contributed by atoms with Crippen LogP contribution in [0.15, 0.2) is 24.3 Å². The maximum Gasteiger partial charge on any atom is 0.231 e. The van der Waals surface area contributed by atoms with Gasteiger partial charge >= 0.3 is 0 Å². The molecule has 3 N–H and O–H groups in total. The highest BCUT2D eigenvalue weighted by Gasteiger charge is 2.02. The first-order valence-corrected chi connectivity index (χ1v) is 5.71. The van der Waals surface area contributed by atoms with Crippen LogP contribution in [0, 0.1) is 0 Å². The lowest BCUT2D eigenvalue weighted by Gasteiger charge is -2.09. The van der Waals surface area contributed by atoms with Gasteiger partial charge in [0, 0.05) is 6.54 Å². The molecular formula is C13H20N2O. The van der Waals surface area contributed by atoms with E-state index in [4.69, 9.17) is 5.73 Å². The largest absolute Gasteiger partial charge is 0.369 e. The molecule has 0 aliphatic carbocycles. The number of benzene rings is 1. The van der Waals surface area contributed by atoms with Crippen molar-refractivity contribution in [1.82, 2.24) is 5.32 Å². The molecular weight excluding hydrogens is 200 g/mol. The van der Waals surface area contributed by atoms with Crippen LogP contribution in [-0.2, 0) is 11.3 Å². The second-order valence-corrected chi connectivity index (χ2v) is 4.12. The average molecular weight is 220 g/mol. The number of nitrogens with two attached hydrogens (primary N) is 1. The fourth-order valence-electron chi connectivity index (χ4n) is 1.53. The predicted molar refractivity (Wildman–Crippen MR) is 66.0 cm³/mol. The molecule has 3 nitrogen and oxygen atoms in total. The minimum atomic E-state index is -0.323. The smallest absolute Gasteiger partial charge is 0.231 e. The highest BCUT2D eigenvalue weighted by molar-refractivity contribution is 5.75.